The number of esters is 1. The zero-order valence-electron chi connectivity index (χ0n) is 14.1. The van der Waals surface area contributed by atoms with E-state index in [2.05, 4.69) is 0 Å². The maximum Gasteiger partial charge on any atom is 0.305 e. The molecule has 1 atom stereocenters. The minimum Gasteiger partial charge on any atom is -0.466 e. The van der Waals surface area contributed by atoms with Crippen molar-refractivity contribution in [2.24, 2.45) is 5.92 Å². The summed E-state index contributed by atoms with van der Waals surface area (Å²) in [6.07, 6.45) is 0.126. The van der Waals surface area contributed by atoms with Crippen molar-refractivity contribution in [3.8, 4) is 0 Å². The molecule has 0 spiro atoms. The van der Waals surface area contributed by atoms with Gasteiger partial charge >= 0.3 is 5.97 Å². The zero-order chi connectivity index (χ0) is 17.5. The lowest BCUT2D eigenvalue weighted by molar-refractivity contribution is -0.144. The van der Waals surface area contributed by atoms with Crippen LogP contribution in [0.2, 0.25) is 0 Å². The lowest BCUT2D eigenvalue weighted by Gasteiger charge is -2.26. The van der Waals surface area contributed by atoms with Gasteiger partial charge in [-0.25, -0.2) is 0 Å². The van der Waals surface area contributed by atoms with E-state index in [4.69, 9.17) is 9.47 Å². The molecule has 0 aliphatic carbocycles. The number of carbonyl (C=O) groups is 3. The Labute approximate surface area is 137 Å². The van der Waals surface area contributed by atoms with Crippen LogP contribution in [-0.4, -0.2) is 36.9 Å². The molecule has 1 unspecified atom stereocenters. The Morgan fingerprint density at radius 1 is 1.13 bits per heavy atom. The maximum atomic E-state index is 12.7. The van der Waals surface area contributed by atoms with Crippen LogP contribution in [0.15, 0.2) is 30.3 Å². The van der Waals surface area contributed by atoms with Gasteiger partial charge in [0.15, 0.2) is 11.6 Å². The Kier molecular flexibility index (Phi) is 7.10. The third-order valence-electron chi connectivity index (χ3n) is 3.74. The molecule has 0 aliphatic rings. The summed E-state index contributed by atoms with van der Waals surface area (Å²) < 4.78 is 10.1. The fraction of sp³-hybridized carbons (Fsp3) is 0.500. The highest BCUT2D eigenvalue weighted by atomic mass is 16.5. The fourth-order valence-corrected chi connectivity index (χ4v) is 2.20. The summed E-state index contributed by atoms with van der Waals surface area (Å²) in [4.78, 5) is 36.9. The fourth-order valence-electron chi connectivity index (χ4n) is 2.20. The molecule has 1 rings (SSSR count). The minimum absolute atomic E-state index is 0.0165. The van der Waals surface area contributed by atoms with Crippen LogP contribution in [0.3, 0.4) is 0 Å². The number of methoxy groups -OCH3 is 1. The number of hydrogen-bond donors (Lipinski definition) is 0. The van der Waals surface area contributed by atoms with Crippen LogP contribution >= 0.6 is 0 Å². The SMILES string of the molecule is CCOC(=O)CCC(C(=O)c1ccccc1)C(=O)C(C)(C)OC. The highest BCUT2D eigenvalue weighted by Crippen LogP contribution is 2.23. The van der Waals surface area contributed by atoms with E-state index >= 15 is 0 Å². The largest absolute Gasteiger partial charge is 0.466 e. The number of Topliss-reactive ketones (excluding diaryl/α,β-unsaturated/α-hetero) is 2. The molecule has 0 fully saturated rings. The van der Waals surface area contributed by atoms with Crippen molar-refractivity contribution < 1.29 is 23.9 Å². The average molecular weight is 320 g/mol. The zero-order valence-corrected chi connectivity index (χ0v) is 14.1. The van der Waals surface area contributed by atoms with Gasteiger partial charge in [0.05, 0.1) is 12.5 Å². The first kappa shape index (κ1) is 19.0. The van der Waals surface area contributed by atoms with E-state index in [0.29, 0.717) is 5.56 Å². The Bertz CT molecular complexity index is 548. The quantitative estimate of drug-likeness (QED) is 0.397. The van der Waals surface area contributed by atoms with Gasteiger partial charge in [0.1, 0.15) is 5.60 Å². The summed E-state index contributed by atoms with van der Waals surface area (Å²) in [7, 11) is 1.42. The molecule has 0 aromatic heterocycles. The first-order chi connectivity index (χ1) is 10.8. The van der Waals surface area contributed by atoms with Crippen molar-refractivity contribution in [1.29, 1.82) is 0 Å². The Morgan fingerprint density at radius 2 is 1.74 bits per heavy atom. The van der Waals surface area contributed by atoms with Gasteiger partial charge in [-0.05, 0) is 27.2 Å². The standard InChI is InChI=1S/C18H24O5/c1-5-23-15(19)12-11-14(17(21)18(2,3)22-4)16(20)13-9-7-6-8-10-13/h6-10,14H,5,11-12H2,1-4H3. The minimum atomic E-state index is -1.09. The van der Waals surface area contributed by atoms with Crippen LogP contribution in [0.25, 0.3) is 0 Å². The van der Waals surface area contributed by atoms with Gasteiger partial charge in [-0.3, -0.25) is 14.4 Å². The smallest absolute Gasteiger partial charge is 0.305 e. The van der Waals surface area contributed by atoms with Crippen LogP contribution in [0, 0.1) is 5.92 Å². The van der Waals surface area contributed by atoms with Crippen LogP contribution in [-0.2, 0) is 19.1 Å². The van der Waals surface area contributed by atoms with Gasteiger partial charge in [-0.1, -0.05) is 30.3 Å². The van der Waals surface area contributed by atoms with Gasteiger partial charge in [0.25, 0.3) is 0 Å². The summed E-state index contributed by atoms with van der Waals surface area (Å²) in [6, 6.07) is 8.59. The molecule has 5 nitrogen and oxygen atoms in total. The summed E-state index contributed by atoms with van der Waals surface area (Å²) in [5, 5.41) is 0. The molecule has 5 heteroatoms. The van der Waals surface area contributed by atoms with Crippen molar-refractivity contribution >= 4 is 17.5 Å². The summed E-state index contributed by atoms with van der Waals surface area (Å²) in [6.45, 7) is 5.22. The molecule has 1 aromatic carbocycles. The molecule has 23 heavy (non-hydrogen) atoms. The van der Waals surface area contributed by atoms with Crippen molar-refractivity contribution in [2.45, 2.75) is 39.2 Å². The van der Waals surface area contributed by atoms with E-state index in [1.165, 1.54) is 7.11 Å². The van der Waals surface area contributed by atoms with Crippen LogP contribution < -0.4 is 0 Å². The van der Waals surface area contributed by atoms with Crippen LogP contribution in [0.5, 0.6) is 0 Å². The normalized spacial score (nSPS) is 12.5. The first-order valence-corrected chi connectivity index (χ1v) is 7.67. The highest BCUT2D eigenvalue weighted by molar-refractivity contribution is 6.12. The molecule has 0 saturated carbocycles. The Balaban J connectivity index is 2.99. The first-order valence-electron chi connectivity index (χ1n) is 7.67. The van der Waals surface area contributed by atoms with Gasteiger partial charge in [-0.15, -0.1) is 0 Å². The predicted molar refractivity (Wildman–Crippen MR) is 86.2 cm³/mol. The van der Waals surface area contributed by atoms with Gasteiger partial charge in [-0.2, -0.15) is 0 Å². The van der Waals surface area contributed by atoms with Crippen molar-refractivity contribution in [3.63, 3.8) is 0 Å². The molecule has 0 heterocycles. The number of hydrogen-bond acceptors (Lipinski definition) is 5. The van der Waals surface area contributed by atoms with Gasteiger partial charge in [0, 0.05) is 19.1 Å². The maximum absolute atomic E-state index is 12.7. The van der Waals surface area contributed by atoms with Gasteiger partial charge < -0.3 is 9.47 Å². The van der Waals surface area contributed by atoms with Crippen molar-refractivity contribution in [1.82, 2.24) is 0 Å². The topological polar surface area (TPSA) is 69.7 Å². The third kappa shape index (κ3) is 5.28. The van der Waals surface area contributed by atoms with E-state index in [9.17, 15) is 14.4 Å². The van der Waals surface area contributed by atoms with E-state index in [1.807, 2.05) is 0 Å². The monoisotopic (exact) mass is 320 g/mol. The number of ether oxygens (including phenoxy) is 2. The number of carbonyl (C=O) groups excluding carboxylic acids is 3. The number of rotatable bonds is 9. The molecule has 126 valence electrons. The summed E-state index contributed by atoms with van der Waals surface area (Å²) in [5.41, 5.74) is -0.648. The number of ketones is 2. The Morgan fingerprint density at radius 3 is 2.26 bits per heavy atom. The van der Waals surface area contributed by atoms with Crippen molar-refractivity contribution in [2.75, 3.05) is 13.7 Å². The van der Waals surface area contributed by atoms with E-state index < -0.39 is 17.5 Å². The lowest BCUT2D eigenvalue weighted by atomic mass is 9.83. The Hall–Kier alpha value is -2.01. The molecule has 0 aliphatic heterocycles. The highest BCUT2D eigenvalue weighted by Gasteiger charge is 2.38. The van der Waals surface area contributed by atoms with E-state index in [1.54, 1.807) is 51.1 Å². The molecule has 0 N–H and O–H groups in total. The van der Waals surface area contributed by atoms with Crippen LogP contribution in [0.1, 0.15) is 44.0 Å². The molecule has 0 bridgehead atoms. The second-order valence-corrected chi connectivity index (χ2v) is 5.71. The van der Waals surface area contributed by atoms with Crippen LogP contribution in [0.4, 0.5) is 0 Å². The average Bonchev–Trinajstić information content (AvgIpc) is 2.55. The second-order valence-electron chi connectivity index (χ2n) is 5.71. The van der Waals surface area contributed by atoms with E-state index in [-0.39, 0.29) is 31.0 Å². The second kappa shape index (κ2) is 8.58. The number of benzene rings is 1. The molecule has 0 amide bonds. The molecule has 1 aromatic rings. The summed E-state index contributed by atoms with van der Waals surface area (Å²) in [5.74, 6) is -1.98. The lowest BCUT2D eigenvalue weighted by Crippen LogP contribution is -2.42. The molecular weight excluding hydrogens is 296 g/mol. The predicted octanol–water partition coefficient (Wildman–Crippen LogP) is 2.82. The summed E-state index contributed by atoms with van der Waals surface area (Å²) >= 11 is 0. The van der Waals surface area contributed by atoms with Crippen molar-refractivity contribution in [3.05, 3.63) is 35.9 Å². The van der Waals surface area contributed by atoms with E-state index in [0.717, 1.165) is 0 Å². The molecule has 0 saturated heterocycles. The molecule has 0 radical (unpaired) electrons. The third-order valence-corrected chi connectivity index (χ3v) is 3.74. The molecular formula is C18H24O5. The van der Waals surface area contributed by atoms with Gasteiger partial charge in [0.2, 0.25) is 0 Å².